The van der Waals surface area contributed by atoms with Crippen LogP contribution in [0.1, 0.15) is 0 Å². The van der Waals surface area contributed by atoms with Crippen molar-refractivity contribution in [2.24, 2.45) is 10.2 Å². The van der Waals surface area contributed by atoms with E-state index in [1.54, 1.807) is 14.2 Å². The number of rotatable bonds is 16. The largest absolute Gasteiger partial charge is 0.491 e. The first-order chi connectivity index (χ1) is 14.8. The summed E-state index contributed by atoms with van der Waals surface area (Å²) in [4.78, 5) is 0. The summed E-state index contributed by atoms with van der Waals surface area (Å²) in [5, 5.41) is 8.48. The highest BCUT2D eigenvalue weighted by atomic mass is 16.5. The molecule has 2 aromatic carbocycles. The molecule has 0 aromatic heterocycles. The minimum atomic E-state index is 0.484. The zero-order chi connectivity index (χ0) is 21.3. The van der Waals surface area contributed by atoms with E-state index in [4.69, 9.17) is 28.4 Å². The molecule has 0 bridgehead atoms. The lowest BCUT2D eigenvalue weighted by atomic mass is 10.3. The van der Waals surface area contributed by atoms with Gasteiger partial charge in [0.15, 0.2) is 0 Å². The van der Waals surface area contributed by atoms with Crippen LogP contribution in [0, 0.1) is 0 Å². The van der Waals surface area contributed by atoms with Gasteiger partial charge in [-0.15, -0.1) is 0 Å². The van der Waals surface area contributed by atoms with Crippen LogP contribution in [0.3, 0.4) is 0 Å². The molecule has 0 fully saturated rings. The molecule has 0 unspecified atom stereocenters. The molecule has 8 heteroatoms. The molecule has 0 aliphatic rings. The summed E-state index contributed by atoms with van der Waals surface area (Å²) >= 11 is 0. The molecular weight excluding hydrogens is 388 g/mol. The predicted molar refractivity (Wildman–Crippen MR) is 113 cm³/mol. The number of methoxy groups -OCH3 is 2. The zero-order valence-electron chi connectivity index (χ0n) is 17.6. The highest BCUT2D eigenvalue weighted by molar-refractivity contribution is 5.44. The average Bonchev–Trinajstić information content (AvgIpc) is 2.79. The molecule has 0 atom stereocenters. The summed E-state index contributed by atoms with van der Waals surface area (Å²) in [7, 11) is 3.29. The summed E-state index contributed by atoms with van der Waals surface area (Å²) < 4.78 is 31.7. The summed E-state index contributed by atoms with van der Waals surface area (Å²) in [6, 6.07) is 14.8. The lowest BCUT2D eigenvalue weighted by molar-refractivity contribution is 0.0544. The van der Waals surface area contributed by atoms with E-state index in [1.165, 1.54) is 0 Å². The third-order valence-corrected chi connectivity index (χ3v) is 3.81. The van der Waals surface area contributed by atoms with Gasteiger partial charge in [-0.1, -0.05) is 0 Å². The second-order valence-corrected chi connectivity index (χ2v) is 6.10. The molecule has 164 valence electrons. The Balaban J connectivity index is 1.68. The van der Waals surface area contributed by atoms with Gasteiger partial charge in [0.05, 0.1) is 51.0 Å². The summed E-state index contributed by atoms with van der Waals surface area (Å²) in [5.74, 6) is 1.52. The van der Waals surface area contributed by atoms with Crippen LogP contribution in [0.15, 0.2) is 58.8 Å². The van der Waals surface area contributed by atoms with Crippen LogP contribution in [-0.4, -0.2) is 67.1 Å². The van der Waals surface area contributed by atoms with Gasteiger partial charge >= 0.3 is 0 Å². The van der Waals surface area contributed by atoms with Gasteiger partial charge in [-0.05, 0) is 48.5 Å². The van der Waals surface area contributed by atoms with E-state index in [0.717, 1.165) is 22.9 Å². The SMILES string of the molecule is COCCOCCOc1ccc(N=Nc2ccc(OCCOCCOC)cc2)cc1. The van der Waals surface area contributed by atoms with E-state index in [1.807, 2.05) is 48.5 Å². The molecule has 0 saturated carbocycles. The lowest BCUT2D eigenvalue weighted by Crippen LogP contribution is -2.09. The number of azo groups is 1. The van der Waals surface area contributed by atoms with E-state index >= 15 is 0 Å². The molecule has 8 nitrogen and oxygen atoms in total. The predicted octanol–water partition coefficient (Wildman–Crippen LogP) is 4.19. The lowest BCUT2D eigenvalue weighted by Gasteiger charge is -2.07. The molecule has 0 saturated heterocycles. The Morgan fingerprint density at radius 1 is 0.500 bits per heavy atom. The van der Waals surface area contributed by atoms with Gasteiger partial charge in [0, 0.05) is 14.2 Å². The maximum absolute atomic E-state index is 5.61. The Hall–Kier alpha value is -2.52. The first-order valence-electron chi connectivity index (χ1n) is 9.82. The van der Waals surface area contributed by atoms with Crippen LogP contribution in [0.25, 0.3) is 0 Å². The zero-order valence-corrected chi connectivity index (χ0v) is 17.6. The second-order valence-electron chi connectivity index (χ2n) is 6.10. The Morgan fingerprint density at radius 2 is 0.867 bits per heavy atom. The quantitative estimate of drug-likeness (QED) is 0.300. The Bertz CT molecular complexity index is 645. The Kier molecular flexibility index (Phi) is 12.1. The fourth-order valence-corrected chi connectivity index (χ4v) is 2.26. The number of ether oxygens (including phenoxy) is 6. The highest BCUT2D eigenvalue weighted by Gasteiger charge is 1.98. The molecule has 0 amide bonds. The van der Waals surface area contributed by atoms with Crippen LogP contribution < -0.4 is 9.47 Å². The van der Waals surface area contributed by atoms with Crippen LogP contribution >= 0.6 is 0 Å². The topological polar surface area (TPSA) is 80.1 Å². The van der Waals surface area contributed by atoms with Crippen molar-refractivity contribution in [3.8, 4) is 11.5 Å². The molecule has 0 aliphatic carbocycles. The third-order valence-electron chi connectivity index (χ3n) is 3.81. The minimum Gasteiger partial charge on any atom is -0.491 e. The van der Waals surface area contributed by atoms with Crippen molar-refractivity contribution < 1.29 is 28.4 Å². The number of benzene rings is 2. The van der Waals surface area contributed by atoms with E-state index in [2.05, 4.69) is 10.2 Å². The fraction of sp³-hybridized carbons (Fsp3) is 0.455. The van der Waals surface area contributed by atoms with Crippen molar-refractivity contribution in [2.45, 2.75) is 0 Å². The summed E-state index contributed by atoms with van der Waals surface area (Å²) in [6.45, 7) is 4.30. The van der Waals surface area contributed by atoms with Gasteiger partial charge in [0.1, 0.15) is 24.7 Å². The summed E-state index contributed by atoms with van der Waals surface area (Å²) in [6.07, 6.45) is 0. The summed E-state index contributed by atoms with van der Waals surface area (Å²) in [5.41, 5.74) is 1.49. The molecule has 0 aliphatic heterocycles. The van der Waals surface area contributed by atoms with E-state index in [0.29, 0.717) is 52.9 Å². The molecule has 0 heterocycles. The van der Waals surface area contributed by atoms with Gasteiger partial charge in [0.2, 0.25) is 0 Å². The van der Waals surface area contributed by atoms with Gasteiger partial charge in [-0.2, -0.15) is 10.2 Å². The van der Waals surface area contributed by atoms with Crippen LogP contribution in [0.4, 0.5) is 11.4 Å². The van der Waals surface area contributed by atoms with Gasteiger partial charge in [0.25, 0.3) is 0 Å². The fourth-order valence-electron chi connectivity index (χ4n) is 2.26. The van der Waals surface area contributed by atoms with Crippen molar-refractivity contribution in [1.29, 1.82) is 0 Å². The van der Waals surface area contributed by atoms with E-state index in [-0.39, 0.29) is 0 Å². The molecule has 2 aromatic rings. The molecule has 2 rings (SSSR count). The van der Waals surface area contributed by atoms with Crippen molar-refractivity contribution in [2.75, 3.05) is 67.1 Å². The molecule has 0 spiro atoms. The second kappa shape index (κ2) is 15.3. The minimum absolute atomic E-state index is 0.484. The molecule has 30 heavy (non-hydrogen) atoms. The van der Waals surface area contributed by atoms with E-state index in [9.17, 15) is 0 Å². The van der Waals surface area contributed by atoms with Crippen LogP contribution in [0.2, 0.25) is 0 Å². The maximum Gasteiger partial charge on any atom is 0.119 e. The average molecular weight is 418 g/mol. The van der Waals surface area contributed by atoms with Crippen LogP contribution in [-0.2, 0) is 18.9 Å². The van der Waals surface area contributed by atoms with Gasteiger partial charge in [-0.25, -0.2) is 0 Å². The van der Waals surface area contributed by atoms with Crippen molar-refractivity contribution in [3.05, 3.63) is 48.5 Å². The smallest absolute Gasteiger partial charge is 0.119 e. The van der Waals surface area contributed by atoms with Crippen molar-refractivity contribution >= 4 is 11.4 Å². The van der Waals surface area contributed by atoms with Gasteiger partial charge in [-0.3, -0.25) is 0 Å². The normalized spacial score (nSPS) is 11.1. The maximum atomic E-state index is 5.61. The Morgan fingerprint density at radius 3 is 1.23 bits per heavy atom. The number of hydrogen-bond donors (Lipinski definition) is 0. The number of nitrogens with zero attached hydrogens (tertiary/aromatic N) is 2. The Labute approximate surface area is 177 Å². The van der Waals surface area contributed by atoms with Gasteiger partial charge < -0.3 is 28.4 Å². The van der Waals surface area contributed by atoms with Crippen molar-refractivity contribution in [1.82, 2.24) is 0 Å². The number of hydrogen-bond acceptors (Lipinski definition) is 8. The van der Waals surface area contributed by atoms with E-state index < -0.39 is 0 Å². The monoisotopic (exact) mass is 418 g/mol. The third kappa shape index (κ3) is 10.3. The van der Waals surface area contributed by atoms with Crippen LogP contribution in [0.5, 0.6) is 11.5 Å². The first-order valence-corrected chi connectivity index (χ1v) is 9.82. The standard InChI is InChI=1S/C22H30N2O6/c1-25-11-13-27-15-17-29-21-7-3-19(4-8-21)23-24-20-5-9-22(10-6-20)30-18-16-28-14-12-26-2/h3-10H,11-18H2,1-2H3. The first kappa shape index (κ1) is 23.8. The molecule has 0 radical (unpaired) electrons. The highest BCUT2D eigenvalue weighted by Crippen LogP contribution is 2.23. The van der Waals surface area contributed by atoms with Crippen molar-refractivity contribution in [3.63, 3.8) is 0 Å². The molecular formula is C22H30N2O6. The molecule has 0 N–H and O–H groups in total.